The minimum absolute atomic E-state index is 0.0369. The summed E-state index contributed by atoms with van der Waals surface area (Å²) in [5, 5.41) is 1.98. The molecule has 3 aromatic heterocycles. The molecule has 3 rings (SSSR count). The molecule has 0 aromatic carbocycles. The molecule has 1 amide bonds. The predicted molar refractivity (Wildman–Crippen MR) is 106 cm³/mol. The summed E-state index contributed by atoms with van der Waals surface area (Å²) in [6.07, 6.45) is 3.76. The fourth-order valence-electron chi connectivity index (χ4n) is 2.68. The molecule has 0 fully saturated rings. The number of rotatable bonds is 8. The van der Waals surface area contributed by atoms with Crippen molar-refractivity contribution in [3.63, 3.8) is 0 Å². The van der Waals surface area contributed by atoms with Gasteiger partial charge in [0, 0.05) is 32.0 Å². The van der Waals surface area contributed by atoms with Crippen LogP contribution in [0, 0.1) is 6.92 Å². The number of thiophene rings is 1. The van der Waals surface area contributed by atoms with Crippen LogP contribution in [0.2, 0.25) is 0 Å². The van der Waals surface area contributed by atoms with Crippen molar-refractivity contribution in [3.8, 4) is 10.8 Å². The minimum Gasteiger partial charge on any atom is -0.440 e. The molecular weight excluding hydrogens is 360 g/mol. The van der Waals surface area contributed by atoms with Crippen molar-refractivity contribution in [1.29, 1.82) is 0 Å². The number of hydrogen-bond acceptors (Lipinski definition) is 6. The Bertz CT molecular complexity index is 860. The highest BCUT2D eigenvalue weighted by Gasteiger charge is 2.20. The summed E-state index contributed by atoms with van der Waals surface area (Å²) in [6, 6.07) is 7.80. The van der Waals surface area contributed by atoms with Gasteiger partial charge in [-0.15, -0.1) is 11.3 Å². The quantitative estimate of drug-likeness (QED) is 0.597. The maximum atomic E-state index is 13.0. The summed E-state index contributed by atoms with van der Waals surface area (Å²) >= 11 is 1.57. The Labute approximate surface area is 163 Å². The molecule has 0 bridgehead atoms. The molecule has 0 aliphatic carbocycles. The Morgan fingerprint density at radius 3 is 2.74 bits per heavy atom. The molecule has 6 nitrogen and oxygen atoms in total. The zero-order chi connectivity index (χ0) is 19.2. The Balaban J connectivity index is 1.73. The zero-order valence-corrected chi connectivity index (χ0v) is 16.7. The van der Waals surface area contributed by atoms with Gasteiger partial charge in [0.15, 0.2) is 0 Å². The number of carbonyl (C=O) groups excluding carboxylic acids is 1. The van der Waals surface area contributed by atoms with Gasteiger partial charge in [-0.2, -0.15) is 0 Å². The second-order valence-corrected chi connectivity index (χ2v) is 7.60. The van der Waals surface area contributed by atoms with Crippen LogP contribution < -0.4 is 0 Å². The molecule has 27 heavy (non-hydrogen) atoms. The van der Waals surface area contributed by atoms with Crippen molar-refractivity contribution >= 4 is 17.2 Å². The molecule has 0 saturated heterocycles. The average Bonchev–Trinajstić information content (AvgIpc) is 3.29. The van der Waals surface area contributed by atoms with Crippen molar-refractivity contribution < 1.29 is 9.21 Å². The highest BCUT2D eigenvalue weighted by atomic mass is 32.1. The smallest absolute Gasteiger partial charge is 0.236 e. The van der Waals surface area contributed by atoms with Crippen LogP contribution >= 0.6 is 11.3 Å². The summed E-state index contributed by atoms with van der Waals surface area (Å²) in [4.78, 5) is 26.6. The lowest BCUT2D eigenvalue weighted by atomic mass is 10.2. The summed E-state index contributed by atoms with van der Waals surface area (Å²) in [5.74, 6) is 1.31. The molecule has 0 radical (unpaired) electrons. The third-order valence-corrected chi connectivity index (χ3v) is 5.07. The summed E-state index contributed by atoms with van der Waals surface area (Å²) in [7, 11) is 4.00. The highest BCUT2D eigenvalue weighted by Crippen LogP contribution is 2.26. The van der Waals surface area contributed by atoms with Gasteiger partial charge in [-0.3, -0.25) is 9.78 Å². The molecule has 3 aromatic rings. The van der Waals surface area contributed by atoms with Crippen molar-refractivity contribution in [1.82, 2.24) is 19.8 Å². The lowest BCUT2D eigenvalue weighted by molar-refractivity contribution is -0.131. The summed E-state index contributed by atoms with van der Waals surface area (Å²) in [6.45, 7) is 3.84. The standard InChI is InChI=1S/C20H24N4O2S/c1-15-17(22-20(26-15)18-7-5-11-27-18)12-19(25)24(10-9-23(2)3)14-16-6-4-8-21-13-16/h4-8,11,13H,9-10,12,14H2,1-3H3. The molecule has 7 heteroatoms. The van der Waals surface area contributed by atoms with E-state index in [1.165, 1.54) is 0 Å². The molecule has 0 saturated carbocycles. The van der Waals surface area contributed by atoms with Crippen LogP contribution in [0.4, 0.5) is 0 Å². The Morgan fingerprint density at radius 2 is 2.07 bits per heavy atom. The van der Waals surface area contributed by atoms with E-state index in [1.54, 1.807) is 23.7 Å². The monoisotopic (exact) mass is 384 g/mol. The molecular formula is C20H24N4O2S. The Hall–Kier alpha value is -2.51. The first-order valence-electron chi connectivity index (χ1n) is 8.84. The normalized spacial score (nSPS) is 11.1. The van der Waals surface area contributed by atoms with Crippen LogP contribution in [-0.4, -0.2) is 52.9 Å². The van der Waals surface area contributed by atoms with Crippen LogP contribution in [0.5, 0.6) is 0 Å². The maximum absolute atomic E-state index is 13.0. The van der Waals surface area contributed by atoms with Crippen molar-refractivity contribution in [2.45, 2.75) is 19.9 Å². The molecule has 0 aliphatic heterocycles. The van der Waals surface area contributed by atoms with E-state index in [2.05, 4.69) is 14.9 Å². The van der Waals surface area contributed by atoms with Crippen LogP contribution in [-0.2, 0) is 17.8 Å². The largest absolute Gasteiger partial charge is 0.440 e. The van der Waals surface area contributed by atoms with Gasteiger partial charge < -0.3 is 14.2 Å². The molecule has 0 unspecified atom stereocenters. The molecule has 0 atom stereocenters. The number of aryl methyl sites for hydroxylation is 1. The first-order chi connectivity index (χ1) is 13.0. The number of pyridine rings is 1. The van der Waals surface area contributed by atoms with Gasteiger partial charge in [-0.1, -0.05) is 12.1 Å². The zero-order valence-electron chi connectivity index (χ0n) is 15.9. The van der Waals surface area contributed by atoms with Crippen LogP contribution in [0.1, 0.15) is 17.0 Å². The van der Waals surface area contributed by atoms with Gasteiger partial charge >= 0.3 is 0 Å². The van der Waals surface area contributed by atoms with E-state index in [0.717, 1.165) is 17.0 Å². The molecule has 0 aliphatic rings. The fraction of sp³-hybridized carbons (Fsp3) is 0.350. The van der Waals surface area contributed by atoms with Crippen molar-refractivity contribution in [3.05, 3.63) is 59.1 Å². The Kier molecular flexibility index (Phi) is 6.36. The van der Waals surface area contributed by atoms with Crippen molar-refractivity contribution in [2.75, 3.05) is 27.2 Å². The van der Waals surface area contributed by atoms with E-state index in [0.29, 0.717) is 30.4 Å². The van der Waals surface area contributed by atoms with Crippen LogP contribution in [0.15, 0.2) is 46.5 Å². The number of aromatic nitrogens is 2. The van der Waals surface area contributed by atoms with Crippen molar-refractivity contribution in [2.24, 2.45) is 0 Å². The first kappa shape index (κ1) is 19.3. The minimum atomic E-state index is 0.0369. The van der Waals surface area contributed by atoms with Gasteiger partial charge in [0.2, 0.25) is 11.8 Å². The predicted octanol–water partition coefficient (Wildman–Crippen LogP) is 3.24. The van der Waals surface area contributed by atoms with Gasteiger partial charge in [-0.05, 0) is 44.1 Å². The third kappa shape index (κ3) is 5.24. The van der Waals surface area contributed by atoms with E-state index in [1.807, 2.05) is 55.6 Å². The van der Waals surface area contributed by atoms with Gasteiger partial charge in [0.05, 0.1) is 17.0 Å². The SMILES string of the molecule is Cc1oc(-c2cccs2)nc1CC(=O)N(CCN(C)C)Cc1cccnc1. The number of oxazole rings is 1. The molecule has 0 spiro atoms. The number of carbonyl (C=O) groups is 1. The first-order valence-corrected chi connectivity index (χ1v) is 9.72. The maximum Gasteiger partial charge on any atom is 0.236 e. The van der Waals surface area contributed by atoms with E-state index in [-0.39, 0.29) is 12.3 Å². The van der Waals surface area contributed by atoms with E-state index in [4.69, 9.17) is 4.42 Å². The lowest BCUT2D eigenvalue weighted by Gasteiger charge is -2.24. The van der Waals surface area contributed by atoms with Gasteiger partial charge in [-0.25, -0.2) is 4.98 Å². The topological polar surface area (TPSA) is 62.5 Å². The lowest BCUT2D eigenvalue weighted by Crippen LogP contribution is -2.37. The van der Waals surface area contributed by atoms with Crippen LogP contribution in [0.3, 0.4) is 0 Å². The average molecular weight is 385 g/mol. The summed E-state index contributed by atoms with van der Waals surface area (Å²) in [5.41, 5.74) is 1.71. The second-order valence-electron chi connectivity index (χ2n) is 6.66. The van der Waals surface area contributed by atoms with Crippen LogP contribution in [0.25, 0.3) is 10.8 Å². The van der Waals surface area contributed by atoms with E-state index in [9.17, 15) is 4.79 Å². The molecule has 142 valence electrons. The number of hydrogen-bond donors (Lipinski definition) is 0. The van der Waals surface area contributed by atoms with E-state index >= 15 is 0 Å². The van der Waals surface area contributed by atoms with E-state index < -0.39 is 0 Å². The second kappa shape index (κ2) is 8.92. The third-order valence-electron chi connectivity index (χ3n) is 4.21. The number of amides is 1. The van der Waals surface area contributed by atoms with Gasteiger partial charge in [0.1, 0.15) is 5.76 Å². The number of nitrogens with zero attached hydrogens (tertiary/aromatic N) is 4. The highest BCUT2D eigenvalue weighted by molar-refractivity contribution is 7.13. The summed E-state index contributed by atoms with van der Waals surface area (Å²) < 4.78 is 5.77. The fourth-order valence-corrected chi connectivity index (χ4v) is 3.33. The Morgan fingerprint density at radius 1 is 1.22 bits per heavy atom. The molecule has 0 N–H and O–H groups in total. The molecule has 3 heterocycles. The van der Waals surface area contributed by atoms with Gasteiger partial charge in [0.25, 0.3) is 0 Å². The number of likely N-dealkylation sites (N-methyl/N-ethyl adjacent to an activating group) is 1.